The van der Waals surface area contributed by atoms with Crippen LogP contribution in [0, 0.1) is 12.7 Å². The number of pyridine rings is 1. The van der Waals surface area contributed by atoms with Crippen molar-refractivity contribution in [2.75, 3.05) is 18.7 Å². The van der Waals surface area contributed by atoms with E-state index in [0.717, 1.165) is 11.8 Å². The number of H-pyrrole nitrogens is 1. The average Bonchev–Trinajstić information content (AvgIpc) is 3.30. The summed E-state index contributed by atoms with van der Waals surface area (Å²) in [5.41, 5.74) is 4.15. The molecule has 0 saturated heterocycles. The van der Waals surface area contributed by atoms with Crippen molar-refractivity contribution >= 4 is 33.9 Å². The first-order valence-corrected chi connectivity index (χ1v) is 11.7. The topological polar surface area (TPSA) is 66.6 Å². The number of rotatable bonds is 6. The second-order valence-electron chi connectivity index (χ2n) is 8.45. The molecular weight excluding hydrogens is 465 g/mol. The number of hydrogen-bond donors (Lipinski definition) is 2. The molecule has 4 aromatic rings. The minimum absolute atomic E-state index is 0.165. The Balaban J connectivity index is 1.42. The maximum Gasteiger partial charge on any atom is 0.253 e. The number of fused-ring (bicyclic) bond motifs is 2. The first-order chi connectivity index (χ1) is 17.0. The van der Waals surface area contributed by atoms with E-state index in [9.17, 15) is 9.18 Å². The Kier molecular flexibility index (Phi) is 6.37. The van der Waals surface area contributed by atoms with Crippen LogP contribution in [0.15, 0.2) is 71.5 Å². The van der Waals surface area contributed by atoms with E-state index in [1.165, 1.54) is 23.3 Å². The number of anilines is 1. The second-order valence-corrected chi connectivity index (χ2v) is 8.84. The van der Waals surface area contributed by atoms with Crippen molar-refractivity contribution in [3.05, 3.63) is 99.6 Å². The summed E-state index contributed by atoms with van der Waals surface area (Å²) in [5.74, 6) is 0.951. The Hall–Kier alpha value is -3.91. The Morgan fingerprint density at radius 1 is 1.06 bits per heavy atom. The molecule has 1 aromatic heterocycles. The third-order valence-corrected chi connectivity index (χ3v) is 6.43. The zero-order chi connectivity index (χ0) is 24.4. The summed E-state index contributed by atoms with van der Waals surface area (Å²) in [4.78, 5) is 17.9. The molecule has 5 rings (SSSR count). The van der Waals surface area contributed by atoms with E-state index in [0.29, 0.717) is 46.5 Å². The molecule has 1 aliphatic rings. The summed E-state index contributed by atoms with van der Waals surface area (Å²) in [7, 11) is 0. The maximum absolute atomic E-state index is 13.3. The summed E-state index contributed by atoms with van der Waals surface area (Å²) in [6.45, 7) is 3.14. The highest BCUT2D eigenvalue weighted by Crippen LogP contribution is 2.35. The molecule has 6 nitrogen and oxygen atoms in total. The third kappa shape index (κ3) is 5.12. The summed E-state index contributed by atoms with van der Waals surface area (Å²) < 4.78 is 24.3. The van der Waals surface area contributed by atoms with Gasteiger partial charge >= 0.3 is 0 Å². The van der Waals surface area contributed by atoms with Crippen molar-refractivity contribution in [1.82, 2.24) is 9.88 Å². The van der Waals surface area contributed by atoms with Crippen molar-refractivity contribution in [2.45, 2.75) is 19.9 Å². The van der Waals surface area contributed by atoms with Gasteiger partial charge in [-0.3, -0.25) is 4.79 Å². The molecule has 2 heterocycles. The molecule has 0 fully saturated rings. The predicted octanol–water partition coefficient (Wildman–Crippen LogP) is 5.15. The van der Waals surface area contributed by atoms with Crippen LogP contribution in [0.2, 0.25) is 0 Å². The van der Waals surface area contributed by atoms with Crippen molar-refractivity contribution in [1.29, 1.82) is 0 Å². The van der Waals surface area contributed by atoms with Gasteiger partial charge in [0, 0.05) is 29.2 Å². The molecule has 0 atom stereocenters. The molecule has 0 unspecified atom stereocenters. The molecule has 178 valence electrons. The van der Waals surface area contributed by atoms with Gasteiger partial charge < -0.3 is 24.7 Å². The Labute approximate surface area is 207 Å². The van der Waals surface area contributed by atoms with Gasteiger partial charge in [-0.15, -0.1) is 0 Å². The molecule has 35 heavy (non-hydrogen) atoms. The molecule has 0 amide bonds. The lowest BCUT2D eigenvalue weighted by Gasteiger charge is -2.26. The van der Waals surface area contributed by atoms with E-state index in [1.54, 1.807) is 18.2 Å². The lowest BCUT2D eigenvalue weighted by atomic mass is 10.1. The smallest absolute Gasteiger partial charge is 0.253 e. The zero-order valence-electron chi connectivity index (χ0n) is 19.1. The van der Waals surface area contributed by atoms with Crippen LogP contribution in [-0.4, -0.2) is 28.3 Å². The van der Waals surface area contributed by atoms with Gasteiger partial charge in [-0.25, -0.2) is 4.39 Å². The van der Waals surface area contributed by atoms with Crippen LogP contribution in [0.25, 0.3) is 10.9 Å². The minimum Gasteiger partial charge on any atom is -0.454 e. The highest BCUT2D eigenvalue weighted by molar-refractivity contribution is 7.80. The molecule has 0 radical (unpaired) electrons. The summed E-state index contributed by atoms with van der Waals surface area (Å²) in [6, 6.07) is 19.7. The molecule has 0 aliphatic carbocycles. The predicted molar refractivity (Wildman–Crippen MR) is 139 cm³/mol. The maximum atomic E-state index is 13.3. The van der Waals surface area contributed by atoms with E-state index in [1.807, 2.05) is 29.2 Å². The van der Waals surface area contributed by atoms with Crippen molar-refractivity contribution < 1.29 is 13.9 Å². The van der Waals surface area contributed by atoms with Gasteiger partial charge in [0.15, 0.2) is 16.6 Å². The van der Waals surface area contributed by atoms with Crippen LogP contribution in [0.5, 0.6) is 11.5 Å². The molecule has 0 spiro atoms. The van der Waals surface area contributed by atoms with Crippen molar-refractivity contribution in [2.24, 2.45) is 0 Å². The summed E-state index contributed by atoms with van der Waals surface area (Å²) >= 11 is 5.71. The SMILES string of the molecule is Cc1ccccc1CCN(Cc1cc2cc3c(cc2[nH]c1=O)OCO3)C(=S)Nc1ccc(F)cc1. The van der Waals surface area contributed by atoms with Crippen LogP contribution in [0.4, 0.5) is 10.1 Å². The Morgan fingerprint density at radius 3 is 2.57 bits per heavy atom. The van der Waals surface area contributed by atoms with Gasteiger partial charge in [-0.1, -0.05) is 24.3 Å². The third-order valence-electron chi connectivity index (χ3n) is 6.07. The molecular formula is C27H24FN3O3S. The molecule has 8 heteroatoms. The number of nitrogens with one attached hydrogen (secondary N) is 2. The van der Waals surface area contributed by atoms with E-state index in [2.05, 4.69) is 29.4 Å². The van der Waals surface area contributed by atoms with E-state index in [-0.39, 0.29) is 18.2 Å². The van der Waals surface area contributed by atoms with Crippen LogP contribution in [0.3, 0.4) is 0 Å². The Bertz CT molecular complexity index is 1450. The van der Waals surface area contributed by atoms with E-state index in [4.69, 9.17) is 21.7 Å². The van der Waals surface area contributed by atoms with Crippen molar-refractivity contribution in [3.8, 4) is 11.5 Å². The van der Waals surface area contributed by atoms with Gasteiger partial charge in [0.05, 0.1) is 12.1 Å². The van der Waals surface area contributed by atoms with E-state index < -0.39 is 0 Å². The van der Waals surface area contributed by atoms with Gasteiger partial charge in [0.2, 0.25) is 6.79 Å². The minimum atomic E-state index is -0.318. The fourth-order valence-corrected chi connectivity index (χ4v) is 4.37. The molecule has 0 saturated carbocycles. The number of halogens is 1. The standard InChI is InChI=1S/C27H24FN3O3S/c1-17-4-2-3-5-18(17)10-11-31(27(35)29-22-8-6-21(28)7-9-22)15-20-12-19-13-24-25(34-16-33-24)14-23(19)30-26(20)32/h2-9,12-14H,10-11,15-16H2,1H3,(H,29,35)(H,30,32). The lowest BCUT2D eigenvalue weighted by molar-refractivity contribution is 0.174. The van der Waals surface area contributed by atoms with Crippen LogP contribution >= 0.6 is 12.2 Å². The van der Waals surface area contributed by atoms with Gasteiger partial charge in [0.1, 0.15) is 5.82 Å². The number of benzene rings is 3. The van der Waals surface area contributed by atoms with Gasteiger partial charge in [-0.2, -0.15) is 0 Å². The van der Waals surface area contributed by atoms with Gasteiger partial charge in [-0.05, 0) is 73.1 Å². The molecule has 0 bridgehead atoms. The molecule has 3 aromatic carbocycles. The average molecular weight is 490 g/mol. The number of thiocarbonyl (C=S) groups is 1. The normalized spacial score (nSPS) is 12.1. The lowest BCUT2D eigenvalue weighted by Crippen LogP contribution is -2.37. The van der Waals surface area contributed by atoms with Crippen molar-refractivity contribution in [3.63, 3.8) is 0 Å². The number of ether oxygens (including phenoxy) is 2. The summed E-state index contributed by atoms with van der Waals surface area (Å²) in [5, 5.41) is 4.47. The first kappa shape index (κ1) is 22.9. The monoisotopic (exact) mass is 489 g/mol. The fourth-order valence-electron chi connectivity index (χ4n) is 4.10. The number of aryl methyl sites for hydroxylation is 1. The zero-order valence-corrected chi connectivity index (χ0v) is 20.0. The second kappa shape index (κ2) is 9.76. The number of nitrogens with zero attached hydrogens (tertiary/aromatic N) is 1. The fraction of sp³-hybridized carbons (Fsp3) is 0.185. The number of aromatic amines is 1. The molecule has 1 aliphatic heterocycles. The molecule has 2 N–H and O–H groups in total. The first-order valence-electron chi connectivity index (χ1n) is 11.3. The van der Waals surface area contributed by atoms with Gasteiger partial charge in [0.25, 0.3) is 5.56 Å². The highest BCUT2D eigenvalue weighted by Gasteiger charge is 2.18. The van der Waals surface area contributed by atoms with Crippen LogP contribution < -0.4 is 20.3 Å². The van der Waals surface area contributed by atoms with Crippen LogP contribution in [0.1, 0.15) is 16.7 Å². The highest BCUT2D eigenvalue weighted by atomic mass is 32.1. The largest absolute Gasteiger partial charge is 0.454 e. The van der Waals surface area contributed by atoms with Crippen LogP contribution in [-0.2, 0) is 13.0 Å². The quantitative estimate of drug-likeness (QED) is 0.366. The number of aromatic nitrogens is 1. The summed E-state index contributed by atoms with van der Waals surface area (Å²) in [6.07, 6.45) is 0.752. The van der Waals surface area contributed by atoms with E-state index >= 15 is 0 Å². The Morgan fingerprint density at radius 2 is 1.80 bits per heavy atom. The number of hydrogen-bond acceptors (Lipinski definition) is 4.